The third-order valence-corrected chi connectivity index (χ3v) is 2.52. The van der Waals surface area contributed by atoms with Gasteiger partial charge in [-0.25, -0.2) is 8.78 Å². The summed E-state index contributed by atoms with van der Waals surface area (Å²) in [4.78, 5) is 21.6. The average molecular weight is 283 g/mol. The number of amides is 1. The van der Waals surface area contributed by atoms with Crippen molar-refractivity contribution in [2.24, 2.45) is 0 Å². The molecule has 0 bridgehead atoms. The molecule has 1 unspecified atom stereocenters. The van der Waals surface area contributed by atoms with Crippen LogP contribution in [0.1, 0.15) is 30.1 Å². The van der Waals surface area contributed by atoms with Crippen molar-refractivity contribution >= 4 is 11.6 Å². The van der Waals surface area contributed by atoms with Gasteiger partial charge in [0.15, 0.2) is 11.6 Å². The number of nitrogens with zero attached hydrogens (tertiary/aromatic N) is 2. The van der Waals surface area contributed by atoms with Crippen LogP contribution in [0.3, 0.4) is 0 Å². The molecular formula is C12H11F2N3O3. The van der Waals surface area contributed by atoms with E-state index in [0.29, 0.717) is 25.0 Å². The second kappa shape index (κ2) is 6.56. The number of carbonyl (C=O) groups is 1. The number of halogens is 2. The Hall–Kier alpha value is -2.56. The van der Waals surface area contributed by atoms with Gasteiger partial charge in [0.1, 0.15) is 11.6 Å². The van der Waals surface area contributed by atoms with Crippen molar-refractivity contribution in [1.82, 2.24) is 5.32 Å². The zero-order valence-electron chi connectivity index (χ0n) is 10.5. The maximum absolute atomic E-state index is 13.1. The number of carbonyl (C=O) groups excluding carboxylic acids is 1. The number of hydrogen-bond donors (Lipinski definition) is 1. The maximum atomic E-state index is 13.1. The third-order valence-electron chi connectivity index (χ3n) is 2.52. The molecule has 106 valence electrons. The van der Waals surface area contributed by atoms with Crippen molar-refractivity contribution in [2.75, 3.05) is 0 Å². The van der Waals surface area contributed by atoms with Gasteiger partial charge in [0.05, 0.1) is 17.1 Å². The van der Waals surface area contributed by atoms with Crippen molar-refractivity contribution in [3.8, 4) is 6.07 Å². The molecule has 8 heteroatoms. The van der Waals surface area contributed by atoms with Crippen LogP contribution < -0.4 is 5.32 Å². The van der Waals surface area contributed by atoms with Crippen LogP contribution in [-0.2, 0) is 0 Å². The number of nitro groups is 1. The number of hydrogen-bond acceptors (Lipinski definition) is 4. The first-order valence-corrected chi connectivity index (χ1v) is 5.74. The topological polar surface area (TPSA) is 96.0 Å². The van der Waals surface area contributed by atoms with E-state index in [2.05, 4.69) is 5.32 Å². The second-order valence-electron chi connectivity index (χ2n) is 3.98. The van der Waals surface area contributed by atoms with E-state index >= 15 is 0 Å². The van der Waals surface area contributed by atoms with Gasteiger partial charge in [0.25, 0.3) is 11.6 Å². The van der Waals surface area contributed by atoms with Crippen LogP contribution in [-0.4, -0.2) is 16.9 Å². The average Bonchev–Trinajstić information content (AvgIpc) is 2.40. The summed E-state index contributed by atoms with van der Waals surface area (Å²) in [5.74, 6) is -3.78. The summed E-state index contributed by atoms with van der Waals surface area (Å²) in [5, 5.41) is 21.8. The summed E-state index contributed by atoms with van der Waals surface area (Å²) in [7, 11) is 0. The molecule has 0 aliphatic heterocycles. The Balaban J connectivity index is 3.12. The van der Waals surface area contributed by atoms with E-state index in [1.807, 2.05) is 6.07 Å². The van der Waals surface area contributed by atoms with E-state index in [1.165, 1.54) is 0 Å². The molecule has 1 rings (SSSR count). The van der Waals surface area contributed by atoms with Crippen molar-refractivity contribution in [3.63, 3.8) is 0 Å². The van der Waals surface area contributed by atoms with Crippen LogP contribution in [0.2, 0.25) is 0 Å². The van der Waals surface area contributed by atoms with Gasteiger partial charge in [0.2, 0.25) is 0 Å². The van der Waals surface area contributed by atoms with Crippen LogP contribution in [0.15, 0.2) is 12.1 Å². The van der Waals surface area contributed by atoms with Gasteiger partial charge in [0, 0.05) is 0 Å². The number of nitrogens with one attached hydrogen (secondary N) is 1. The van der Waals surface area contributed by atoms with Crippen LogP contribution in [0.5, 0.6) is 0 Å². The van der Waals surface area contributed by atoms with Crippen molar-refractivity contribution in [2.45, 2.75) is 25.8 Å². The highest BCUT2D eigenvalue weighted by Crippen LogP contribution is 2.22. The lowest BCUT2D eigenvalue weighted by atomic mass is 10.1. The van der Waals surface area contributed by atoms with Gasteiger partial charge in [-0.3, -0.25) is 14.9 Å². The van der Waals surface area contributed by atoms with Gasteiger partial charge in [-0.05, 0) is 12.5 Å². The molecule has 0 saturated heterocycles. The molecule has 6 nitrogen and oxygen atoms in total. The quantitative estimate of drug-likeness (QED) is 0.662. The molecule has 0 aliphatic rings. The Morgan fingerprint density at radius 1 is 1.50 bits per heavy atom. The van der Waals surface area contributed by atoms with Crippen molar-refractivity contribution in [3.05, 3.63) is 39.4 Å². The van der Waals surface area contributed by atoms with Gasteiger partial charge >= 0.3 is 0 Å². The summed E-state index contributed by atoms with van der Waals surface area (Å²) in [6.07, 6.45) is 0.956. The molecule has 0 spiro atoms. The largest absolute Gasteiger partial charge is 0.336 e. The van der Waals surface area contributed by atoms with Crippen LogP contribution >= 0.6 is 0 Å². The molecule has 1 aromatic carbocycles. The zero-order valence-corrected chi connectivity index (χ0v) is 10.5. The molecule has 0 fully saturated rings. The van der Waals surface area contributed by atoms with Crippen LogP contribution in [0.25, 0.3) is 0 Å². The smallest absolute Gasteiger partial charge is 0.285 e. The first-order chi connectivity index (χ1) is 9.40. The zero-order chi connectivity index (χ0) is 15.3. The minimum Gasteiger partial charge on any atom is -0.336 e. The fourth-order valence-electron chi connectivity index (χ4n) is 1.56. The van der Waals surface area contributed by atoms with Crippen molar-refractivity contribution in [1.29, 1.82) is 5.26 Å². The highest BCUT2D eigenvalue weighted by molar-refractivity contribution is 5.98. The van der Waals surface area contributed by atoms with E-state index in [9.17, 15) is 23.7 Å². The Morgan fingerprint density at radius 3 is 2.60 bits per heavy atom. The van der Waals surface area contributed by atoms with Gasteiger partial charge in [-0.2, -0.15) is 5.26 Å². The maximum Gasteiger partial charge on any atom is 0.285 e. The fraction of sp³-hybridized carbons (Fsp3) is 0.333. The standard InChI is InChI=1S/C12H11F2N3O3/c1-2-3-7(6-15)16-12(18)8-4-9(13)10(14)5-11(8)17(19)20/h4-5,7H,2-3H2,1H3,(H,16,18). The second-order valence-corrected chi connectivity index (χ2v) is 3.98. The molecule has 0 saturated carbocycles. The molecule has 0 aromatic heterocycles. The van der Waals surface area contributed by atoms with Crippen LogP contribution in [0.4, 0.5) is 14.5 Å². The highest BCUT2D eigenvalue weighted by Gasteiger charge is 2.25. The molecule has 0 aliphatic carbocycles. The van der Waals surface area contributed by atoms with Crippen molar-refractivity contribution < 1.29 is 18.5 Å². The highest BCUT2D eigenvalue weighted by atomic mass is 19.2. The molecule has 0 heterocycles. The Morgan fingerprint density at radius 2 is 2.10 bits per heavy atom. The van der Waals surface area contributed by atoms with E-state index in [0.717, 1.165) is 0 Å². The first-order valence-electron chi connectivity index (χ1n) is 5.74. The summed E-state index contributed by atoms with van der Waals surface area (Å²) in [6, 6.07) is 1.75. The molecule has 1 atom stereocenters. The molecule has 1 amide bonds. The minimum atomic E-state index is -1.42. The monoisotopic (exact) mass is 283 g/mol. The predicted octanol–water partition coefficient (Wildman–Crippen LogP) is 2.30. The lowest BCUT2D eigenvalue weighted by Gasteiger charge is -2.10. The lowest BCUT2D eigenvalue weighted by molar-refractivity contribution is -0.385. The van der Waals surface area contributed by atoms with E-state index in [-0.39, 0.29) is 0 Å². The first kappa shape index (κ1) is 15.5. The molecule has 1 aromatic rings. The number of nitro benzene ring substituents is 1. The Kier molecular flexibility index (Phi) is 5.08. The molecule has 0 radical (unpaired) electrons. The Bertz CT molecular complexity index is 584. The summed E-state index contributed by atoms with van der Waals surface area (Å²) < 4.78 is 26.1. The SMILES string of the molecule is CCCC(C#N)NC(=O)c1cc(F)c(F)cc1[N+](=O)[O-]. The van der Waals surface area contributed by atoms with E-state index in [1.54, 1.807) is 6.92 Å². The number of nitriles is 1. The number of rotatable bonds is 5. The van der Waals surface area contributed by atoms with E-state index in [4.69, 9.17) is 5.26 Å². The van der Waals surface area contributed by atoms with Gasteiger partial charge in [-0.1, -0.05) is 13.3 Å². The lowest BCUT2D eigenvalue weighted by Crippen LogP contribution is -2.34. The fourth-order valence-corrected chi connectivity index (χ4v) is 1.56. The predicted molar refractivity (Wildman–Crippen MR) is 64.8 cm³/mol. The third kappa shape index (κ3) is 3.47. The van der Waals surface area contributed by atoms with Gasteiger partial charge < -0.3 is 5.32 Å². The summed E-state index contributed by atoms with van der Waals surface area (Å²) >= 11 is 0. The summed E-state index contributed by atoms with van der Waals surface area (Å²) in [6.45, 7) is 1.79. The molecule has 20 heavy (non-hydrogen) atoms. The van der Waals surface area contributed by atoms with Crippen LogP contribution in [0, 0.1) is 33.1 Å². The minimum absolute atomic E-state index is 0.339. The molecular weight excluding hydrogens is 272 g/mol. The van der Waals surface area contributed by atoms with E-state index < -0.39 is 39.8 Å². The normalized spacial score (nSPS) is 11.5. The van der Waals surface area contributed by atoms with Gasteiger partial charge in [-0.15, -0.1) is 0 Å². The Labute approximate surface area is 113 Å². The number of benzene rings is 1. The molecule has 1 N–H and O–H groups in total. The summed E-state index contributed by atoms with van der Waals surface area (Å²) in [5.41, 5.74) is -1.47.